The van der Waals surface area contributed by atoms with E-state index in [0.717, 1.165) is 6.54 Å². The van der Waals surface area contributed by atoms with E-state index in [2.05, 4.69) is 17.2 Å². The molecule has 0 bridgehead atoms. The fourth-order valence-electron chi connectivity index (χ4n) is 2.17. The van der Waals surface area contributed by atoms with Crippen molar-refractivity contribution in [1.29, 1.82) is 0 Å². The van der Waals surface area contributed by atoms with Crippen molar-refractivity contribution in [3.8, 4) is 0 Å². The van der Waals surface area contributed by atoms with E-state index >= 15 is 0 Å². The monoisotopic (exact) mass is 257 g/mol. The molecule has 1 N–H and O–H groups in total. The van der Waals surface area contributed by atoms with Gasteiger partial charge in [-0.3, -0.25) is 15.1 Å². The Hall–Kier alpha value is -2.17. The Bertz CT molecular complexity index is 650. The Morgan fingerprint density at radius 3 is 2.89 bits per heavy atom. The van der Waals surface area contributed by atoms with Crippen molar-refractivity contribution in [2.24, 2.45) is 5.41 Å². The first kappa shape index (κ1) is 11.9. The molecule has 3 rings (SSSR count). The first-order valence-electron chi connectivity index (χ1n) is 6.35. The number of hydrogen-bond donors (Lipinski definition) is 1. The van der Waals surface area contributed by atoms with Crippen LogP contribution < -0.4 is 5.32 Å². The van der Waals surface area contributed by atoms with Gasteiger partial charge in [-0.05, 0) is 42.5 Å². The average Bonchev–Trinajstić information content (AvgIpc) is 3.14. The molecule has 1 aliphatic carbocycles. The van der Waals surface area contributed by atoms with Gasteiger partial charge in [0, 0.05) is 12.7 Å². The topological polar surface area (TPSA) is 68.1 Å². The van der Waals surface area contributed by atoms with Gasteiger partial charge in [0.15, 0.2) is 0 Å². The van der Waals surface area contributed by atoms with Gasteiger partial charge >= 0.3 is 5.69 Å². The largest absolute Gasteiger partial charge is 0.379 e. The second kappa shape index (κ2) is 4.19. The minimum Gasteiger partial charge on any atom is -0.379 e. The molecule has 0 aliphatic heterocycles. The Morgan fingerprint density at radius 2 is 2.21 bits per heavy atom. The summed E-state index contributed by atoms with van der Waals surface area (Å²) in [6.07, 6.45) is 4.01. The molecule has 98 valence electrons. The average molecular weight is 257 g/mol. The van der Waals surface area contributed by atoms with Gasteiger partial charge in [-0.2, -0.15) is 0 Å². The van der Waals surface area contributed by atoms with E-state index in [9.17, 15) is 10.1 Å². The Kier molecular flexibility index (Phi) is 2.62. The van der Waals surface area contributed by atoms with Crippen LogP contribution in [0.25, 0.3) is 10.9 Å². The van der Waals surface area contributed by atoms with Gasteiger partial charge in [-0.25, -0.2) is 0 Å². The van der Waals surface area contributed by atoms with Gasteiger partial charge in [0.05, 0.1) is 15.8 Å². The molecule has 1 aromatic carbocycles. The summed E-state index contributed by atoms with van der Waals surface area (Å²) in [7, 11) is 0. The van der Waals surface area contributed by atoms with Crippen molar-refractivity contribution in [3.05, 3.63) is 40.6 Å². The summed E-state index contributed by atoms with van der Waals surface area (Å²) < 4.78 is 0. The van der Waals surface area contributed by atoms with E-state index < -0.39 is 0 Å². The van der Waals surface area contributed by atoms with Crippen molar-refractivity contribution >= 4 is 22.3 Å². The Morgan fingerprint density at radius 1 is 1.42 bits per heavy atom. The van der Waals surface area contributed by atoms with Crippen molar-refractivity contribution in [2.45, 2.75) is 19.8 Å². The summed E-state index contributed by atoms with van der Waals surface area (Å²) in [5.74, 6) is 0. The van der Waals surface area contributed by atoms with Crippen molar-refractivity contribution in [2.75, 3.05) is 11.9 Å². The molecule has 1 saturated carbocycles. The predicted molar refractivity (Wildman–Crippen MR) is 74.2 cm³/mol. The molecule has 0 saturated heterocycles. The number of pyridine rings is 1. The fraction of sp³-hybridized carbons (Fsp3) is 0.357. The van der Waals surface area contributed by atoms with Gasteiger partial charge in [0.2, 0.25) is 0 Å². The highest BCUT2D eigenvalue weighted by atomic mass is 16.6. The van der Waals surface area contributed by atoms with Crippen LogP contribution in [0, 0.1) is 15.5 Å². The molecule has 1 fully saturated rings. The van der Waals surface area contributed by atoms with E-state index in [-0.39, 0.29) is 10.6 Å². The minimum atomic E-state index is -0.332. The van der Waals surface area contributed by atoms with E-state index in [4.69, 9.17) is 0 Å². The minimum absolute atomic E-state index is 0.120. The summed E-state index contributed by atoms with van der Waals surface area (Å²) in [6, 6.07) is 7.03. The van der Waals surface area contributed by atoms with Crippen LogP contribution in [0.15, 0.2) is 30.5 Å². The van der Waals surface area contributed by atoms with Crippen LogP contribution in [0.1, 0.15) is 19.8 Å². The molecule has 0 amide bonds. The lowest BCUT2D eigenvalue weighted by atomic mass is 10.1. The Balaban J connectivity index is 2.02. The van der Waals surface area contributed by atoms with Crippen molar-refractivity contribution in [1.82, 2.24) is 4.98 Å². The molecule has 1 aromatic heterocycles. The van der Waals surface area contributed by atoms with Crippen LogP contribution in [0.2, 0.25) is 0 Å². The quantitative estimate of drug-likeness (QED) is 0.673. The number of fused-ring (bicyclic) bond motifs is 1. The molecular weight excluding hydrogens is 242 g/mol. The first-order valence-corrected chi connectivity index (χ1v) is 6.35. The number of benzene rings is 1. The van der Waals surface area contributed by atoms with E-state index in [1.807, 2.05) is 6.07 Å². The molecule has 1 aliphatic rings. The predicted octanol–water partition coefficient (Wildman–Crippen LogP) is 3.36. The Labute approximate surface area is 110 Å². The maximum atomic E-state index is 11.3. The molecule has 1 heterocycles. The van der Waals surface area contributed by atoms with Gasteiger partial charge in [0.1, 0.15) is 5.69 Å². The van der Waals surface area contributed by atoms with E-state index in [1.54, 1.807) is 24.4 Å². The zero-order valence-electron chi connectivity index (χ0n) is 10.7. The van der Waals surface area contributed by atoms with Gasteiger partial charge in [-0.1, -0.05) is 6.92 Å². The molecule has 5 nitrogen and oxygen atoms in total. The van der Waals surface area contributed by atoms with E-state index in [1.165, 1.54) is 12.8 Å². The SMILES string of the molecule is CC1(CNc2ccc3ncccc3c2[N+](=O)[O-])CC1. The molecule has 5 heteroatoms. The summed E-state index contributed by atoms with van der Waals surface area (Å²) >= 11 is 0. The number of nitrogens with one attached hydrogen (secondary N) is 1. The number of anilines is 1. The maximum absolute atomic E-state index is 11.3. The first-order chi connectivity index (χ1) is 9.09. The summed E-state index contributed by atoms with van der Waals surface area (Å²) in [4.78, 5) is 15.1. The lowest BCUT2D eigenvalue weighted by Crippen LogP contribution is -2.12. The van der Waals surface area contributed by atoms with Crippen molar-refractivity contribution in [3.63, 3.8) is 0 Å². The van der Waals surface area contributed by atoms with Gasteiger partial charge in [-0.15, -0.1) is 0 Å². The van der Waals surface area contributed by atoms with Gasteiger partial charge in [0.25, 0.3) is 0 Å². The highest BCUT2D eigenvalue weighted by molar-refractivity contribution is 5.94. The standard InChI is InChI=1S/C14H15N3O2/c1-14(6-7-14)9-16-12-5-4-11-10(3-2-8-15-11)13(12)17(18)19/h2-5,8,16H,6-7,9H2,1H3. The molecule has 0 unspecified atom stereocenters. The molecule has 0 radical (unpaired) electrons. The molecule has 0 atom stereocenters. The highest BCUT2D eigenvalue weighted by Gasteiger charge is 2.37. The number of aromatic nitrogens is 1. The number of rotatable bonds is 4. The van der Waals surface area contributed by atoms with Crippen LogP contribution in [0.4, 0.5) is 11.4 Å². The molecule has 0 spiro atoms. The maximum Gasteiger partial charge on any atom is 0.301 e. The molecule has 19 heavy (non-hydrogen) atoms. The van der Waals surface area contributed by atoms with Crippen LogP contribution in [-0.2, 0) is 0 Å². The van der Waals surface area contributed by atoms with Crippen LogP contribution in [-0.4, -0.2) is 16.5 Å². The van der Waals surface area contributed by atoms with Crippen molar-refractivity contribution < 1.29 is 4.92 Å². The lowest BCUT2D eigenvalue weighted by molar-refractivity contribution is -0.382. The summed E-state index contributed by atoms with van der Waals surface area (Å²) in [6.45, 7) is 2.97. The second-order valence-electron chi connectivity index (χ2n) is 5.45. The third-order valence-electron chi connectivity index (χ3n) is 3.75. The number of nitrogens with zero attached hydrogens (tertiary/aromatic N) is 2. The van der Waals surface area contributed by atoms with Crippen LogP contribution in [0.5, 0.6) is 0 Å². The zero-order valence-corrected chi connectivity index (χ0v) is 10.7. The molecular formula is C14H15N3O2. The smallest absolute Gasteiger partial charge is 0.301 e. The second-order valence-corrected chi connectivity index (χ2v) is 5.45. The number of nitro groups is 1. The lowest BCUT2D eigenvalue weighted by Gasteiger charge is -2.12. The summed E-state index contributed by atoms with van der Waals surface area (Å²) in [5, 5.41) is 15.1. The zero-order chi connectivity index (χ0) is 13.5. The van der Waals surface area contributed by atoms with Gasteiger partial charge < -0.3 is 5.32 Å². The fourth-order valence-corrected chi connectivity index (χ4v) is 2.17. The third-order valence-corrected chi connectivity index (χ3v) is 3.75. The highest BCUT2D eigenvalue weighted by Crippen LogP contribution is 2.45. The van der Waals surface area contributed by atoms with Crippen LogP contribution in [0.3, 0.4) is 0 Å². The normalized spacial score (nSPS) is 16.3. The number of hydrogen-bond acceptors (Lipinski definition) is 4. The van der Waals surface area contributed by atoms with Crippen LogP contribution >= 0.6 is 0 Å². The summed E-state index contributed by atoms with van der Waals surface area (Å²) in [5.41, 5.74) is 1.66. The number of nitro benzene ring substituents is 1. The van der Waals surface area contributed by atoms with E-state index in [0.29, 0.717) is 22.0 Å². The third kappa shape index (κ3) is 2.23. The molecule has 2 aromatic rings.